The first kappa shape index (κ1) is 19.5. The summed E-state index contributed by atoms with van der Waals surface area (Å²) in [6.45, 7) is 0.558. The Morgan fingerprint density at radius 2 is 2.00 bits per heavy atom. The SMILES string of the molecule is O=C(O)CCSCCn1c2ccc(F)cc2c(=O)c2ccc(-c3nncs3)cc21. The predicted octanol–water partition coefficient (Wildman–Crippen LogP) is 4.02. The minimum Gasteiger partial charge on any atom is -0.481 e. The van der Waals surface area contributed by atoms with Crippen molar-refractivity contribution in [2.24, 2.45) is 0 Å². The number of benzene rings is 2. The summed E-state index contributed by atoms with van der Waals surface area (Å²) < 4.78 is 15.8. The maximum Gasteiger partial charge on any atom is 0.304 e. The lowest BCUT2D eigenvalue weighted by Crippen LogP contribution is -2.13. The molecule has 2 aromatic heterocycles. The van der Waals surface area contributed by atoms with Crippen molar-refractivity contribution in [1.82, 2.24) is 14.8 Å². The molecule has 0 saturated carbocycles. The van der Waals surface area contributed by atoms with Crippen LogP contribution in [0.1, 0.15) is 6.42 Å². The van der Waals surface area contributed by atoms with Gasteiger partial charge in [-0.2, -0.15) is 11.8 Å². The van der Waals surface area contributed by atoms with Gasteiger partial charge in [-0.3, -0.25) is 9.59 Å². The molecule has 6 nitrogen and oxygen atoms in total. The highest BCUT2D eigenvalue weighted by atomic mass is 32.2. The summed E-state index contributed by atoms with van der Waals surface area (Å²) in [7, 11) is 0. The number of aromatic nitrogens is 3. The van der Waals surface area contributed by atoms with Gasteiger partial charge in [0.15, 0.2) is 5.43 Å². The Hall–Kier alpha value is -2.78. The number of nitrogens with zero attached hydrogens (tertiary/aromatic N) is 3. The number of carbonyl (C=O) groups is 1. The average molecular weight is 429 g/mol. The number of hydrogen-bond donors (Lipinski definition) is 1. The Kier molecular flexibility index (Phi) is 5.59. The van der Waals surface area contributed by atoms with Gasteiger partial charge in [0.05, 0.1) is 17.5 Å². The van der Waals surface area contributed by atoms with E-state index in [0.717, 1.165) is 16.1 Å². The molecule has 0 spiro atoms. The molecule has 0 aliphatic carbocycles. The van der Waals surface area contributed by atoms with Gasteiger partial charge in [-0.1, -0.05) is 17.4 Å². The van der Waals surface area contributed by atoms with Gasteiger partial charge in [0.1, 0.15) is 16.3 Å². The summed E-state index contributed by atoms with van der Waals surface area (Å²) in [5.41, 5.74) is 3.67. The number of halogens is 1. The van der Waals surface area contributed by atoms with Crippen LogP contribution in [0.2, 0.25) is 0 Å². The summed E-state index contributed by atoms with van der Waals surface area (Å²) in [4.78, 5) is 23.7. The van der Waals surface area contributed by atoms with Crippen LogP contribution in [0.25, 0.3) is 32.4 Å². The third-order valence-electron chi connectivity index (χ3n) is 4.55. The molecule has 9 heteroatoms. The highest BCUT2D eigenvalue weighted by Crippen LogP contribution is 2.27. The molecule has 148 valence electrons. The second-order valence-electron chi connectivity index (χ2n) is 6.37. The largest absolute Gasteiger partial charge is 0.481 e. The lowest BCUT2D eigenvalue weighted by molar-refractivity contribution is -0.136. The highest BCUT2D eigenvalue weighted by Gasteiger charge is 2.14. The third kappa shape index (κ3) is 4.01. The predicted molar refractivity (Wildman–Crippen MR) is 114 cm³/mol. The zero-order valence-corrected chi connectivity index (χ0v) is 16.8. The maximum atomic E-state index is 13.8. The van der Waals surface area contributed by atoms with Crippen LogP contribution in [0.4, 0.5) is 4.39 Å². The number of carboxylic acid groups (broad SMARTS) is 1. The lowest BCUT2D eigenvalue weighted by atomic mass is 10.1. The Balaban J connectivity index is 1.83. The normalized spacial score (nSPS) is 11.3. The number of pyridine rings is 1. The molecule has 1 N–H and O–H groups in total. The van der Waals surface area contributed by atoms with Gasteiger partial charge in [0, 0.05) is 34.4 Å². The van der Waals surface area contributed by atoms with Gasteiger partial charge in [0.25, 0.3) is 0 Å². The molecule has 0 fully saturated rings. The van der Waals surface area contributed by atoms with E-state index in [1.165, 1.54) is 35.2 Å². The number of thioether (sulfide) groups is 1. The minimum absolute atomic E-state index is 0.0999. The van der Waals surface area contributed by atoms with Gasteiger partial charge in [-0.05, 0) is 30.3 Å². The number of aryl methyl sites for hydroxylation is 1. The molecule has 0 aliphatic heterocycles. The lowest BCUT2D eigenvalue weighted by Gasteiger charge is -2.16. The summed E-state index contributed by atoms with van der Waals surface area (Å²) >= 11 is 2.94. The summed E-state index contributed by atoms with van der Waals surface area (Å²) in [5.74, 6) is -0.104. The van der Waals surface area contributed by atoms with Crippen LogP contribution in [-0.2, 0) is 11.3 Å². The minimum atomic E-state index is -0.825. The van der Waals surface area contributed by atoms with Crippen molar-refractivity contribution in [2.45, 2.75) is 13.0 Å². The van der Waals surface area contributed by atoms with E-state index in [1.54, 1.807) is 17.6 Å². The standard InChI is InChI=1S/C20H16FN3O3S2/c21-13-2-4-16-15(10-13)19(27)14-3-1-12(20-23-22-11-29-20)9-17(14)24(16)6-8-28-7-5-18(25)26/h1-4,9-11H,5-8H2,(H,25,26). The second-order valence-corrected chi connectivity index (χ2v) is 8.43. The number of rotatable bonds is 7. The molecule has 0 bridgehead atoms. The molecule has 4 rings (SSSR count). The molecule has 4 aromatic rings. The maximum absolute atomic E-state index is 13.8. The molecule has 0 aliphatic rings. The first-order valence-electron chi connectivity index (χ1n) is 8.86. The number of hydrogen-bond acceptors (Lipinski definition) is 6. The van der Waals surface area contributed by atoms with Gasteiger partial charge in [0.2, 0.25) is 0 Å². The zero-order valence-electron chi connectivity index (χ0n) is 15.2. The molecule has 0 unspecified atom stereocenters. The van der Waals surface area contributed by atoms with Gasteiger partial charge in [-0.25, -0.2) is 4.39 Å². The Bertz CT molecular complexity index is 1260. The van der Waals surface area contributed by atoms with Gasteiger partial charge >= 0.3 is 5.97 Å². The monoisotopic (exact) mass is 429 g/mol. The molecular formula is C20H16FN3O3S2. The van der Waals surface area contributed by atoms with Crippen molar-refractivity contribution in [1.29, 1.82) is 0 Å². The molecule has 0 amide bonds. The first-order chi connectivity index (χ1) is 14.0. The molecule has 29 heavy (non-hydrogen) atoms. The van der Waals surface area contributed by atoms with E-state index in [1.807, 2.05) is 16.7 Å². The van der Waals surface area contributed by atoms with Crippen molar-refractivity contribution >= 4 is 50.9 Å². The second kappa shape index (κ2) is 8.30. The van der Waals surface area contributed by atoms with Crippen LogP contribution in [0.15, 0.2) is 46.7 Å². The van der Waals surface area contributed by atoms with E-state index in [0.29, 0.717) is 34.3 Å². The number of aliphatic carboxylic acids is 1. The van der Waals surface area contributed by atoms with Crippen LogP contribution in [-0.4, -0.2) is 37.3 Å². The van der Waals surface area contributed by atoms with Crippen LogP contribution in [0.3, 0.4) is 0 Å². The van der Waals surface area contributed by atoms with E-state index < -0.39 is 11.8 Å². The Morgan fingerprint density at radius 1 is 1.14 bits per heavy atom. The topological polar surface area (TPSA) is 85.1 Å². The number of fused-ring (bicyclic) bond motifs is 2. The van der Waals surface area contributed by atoms with Crippen LogP contribution < -0.4 is 5.43 Å². The van der Waals surface area contributed by atoms with Crippen molar-refractivity contribution < 1.29 is 14.3 Å². The molecule has 0 saturated heterocycles. The highest BCUT2D eigenvalue weighted by molar-refractivity contribution is 7.99. The van der Waals surface area contributed by atoms with Gasteiger partial charge in [-0.15, -0.1) is 10.2 Å². The summed E-state index contributed by atoms with van der Waals surface area (Å²) in [6, 6.07) is 9.70. The fraction of sp³-hybridized carbons (Fsp3) is 0.200. The number of carboxylic acids is 1. The van der Waals surface area contributed by atoms with Crippen molar-refractivity contribution in [3.05, 3.63) is 57.9 Å². The fourth-order valence-electron chi connectivity index (χ4n) is 3.24. The van der Waals surface area contributed by atoms with E-state index in [4.69, 9.17) is 5.11 Å². The van der Waals surface area contributed by atoms with Crippen LogP contribution >= 0.6 is 23.1 Å². The van der Waals surface area contributed by atoms with Crippen molar-refractivity contribution in [2.75, 3.05) is 11.5 Å². The van der Waals surface area contributed by atoms with E-state index >= 15 is 0 Å². The molecular weight excluding hydrogens is 413 g/mol. The molecule has 0 atom stereocenters. The van der Waals surface area contributed by atoms with Crippen LogP contribution in [0, 0.1) is 5.82 Å². The van der Waals surface area contributed by atoms with E-state index in [-0.39, 0.29) is 11.8 Å². The first-order valence-corrected chi connectivity index (χ1v) is 10.9. The molecule has 0 radical (unpaired) electrons. The van der Waals surface area contributed by atoms with Crippen LogP contribution in [0.5, 0.6) is 0 Å². The molecule has 2 aromatic carbocycles. The Morgan fingerprint density at radius 3 is 2.76 bits per heavy atom. The fourth-order valence-corrected chi connectivity index (χ4v) is 4.62. The smallest absolute Gasteiger partial charge is 0.304 e. The van der Waals surface area contributed by atoms with E-state index in [9.17, 15) is 14.0 Å². The van der Waals surface area contributed by atoms with Crippen molar-refractivity contribution in [3.8, 4) is 10.6 Å². The Labute approximate surface area is 173 Å². The van der Waals surface area contributed by atoms with Crippen molar-refractivity contribution in [3.63, 3.8) is 0 Å². The average Bonchev–Trinajstić information content (AvgIpc) is 3.24. The van der Waals surface area contributed by atoms with E-state index in [2.05, 4.69) is 10.2 Å². The summed E-state index contributed by atoms with van der Waals surface area (Å²) in [5, 5.41) is 18.3. The summed E-state index contributed by atoms with van der Waals surface area (Å²) in [6.07, 6.45) is 0.0999. The third-order valence-corrected chi connectivity index (χ3v) is 6.26. The molecule has 2 heterocycles. The zero-order chi connectivity index (χ0) is 20.4. The van der Waals surface area contributed by atoms with Gasteiger partial charge < -0.3 is 9.67 Å². The quantitative estimate of drug-likeness (QED) is 0.353.